The van der Waals surface area contributed by atoms with Crippen molar-refractivity contribution in [3.8, 4) is 0 Å². The molecular formula is C21H30N3O3+. The van der Waals surface area contributed by atoms with Crippen molar-refractivity contribution in [3.05, 3.63) is 46.2 Å². The topological polar surface area (TPSA) is 71.9 Å². The Kier molecular flexibility index (Phi) is 6.16. The number of carbonyl (C=O) groups excluding carboxylic acids is 2. The second kappa shape index (κ2) is 8.57. The molecule has 6 nitrogen and oxygen atoms in total. The molecule has 0 aromatic heterocycles. The fourth-order valence-electron chi connectivity index (χ4n) is 4.07. The van der Waals surface area contributed by atoms with E-state index < -0.39 is 12.0 Å². The number of benzene rings is 1. The maximum Gasteiger partial charge on any atom is 0.338 e. The molecule has 1 aromatic carbocycles. The molecule has 27 heavy (non-hydrogen) atoms. The van der Waals surface area contributed by atoms with Gasteiger partial charge < -0.3 is 20.3 Å². The van der Waals surface area contributed by atoms with E-state index in [1.54, 1.807) is 0 Å². The molecule has 2 aliphatic rings. The molecule has 2 amide bonds. The average Bonchev–Trinajstić information content (AvgIpc) is 2.91. The van der Waals surface area contributed by atoms with Gasteiger partial charge in [0.2, 0.25) is 0 Å². The number of aryl methyl sites for hydroxylation is 2. The molecule has 2 heterocycles. The Bertz CT molecular complexity index is 749. The molecule has 3 rings (SSSR count). The highest BCUT2D eigenvalue weighted by atomic mass is 16.5. The summed E-state index contributed by atoms with van der Waals surface area (Å²) in [5.74, 6) is -0.391. The minimum absolute atomic E-state index is 0.266. The highest BCUT2D eigenvalue weighted by Crippen LogP contribution is 2.30. The van der Waals surface area contributed by atoms with Gasteiger partial charge in [-0.25, -0.2) is 9.59 Å². The molecule has 0 saturated carbocycles. The summed E-state index contributed by atoms with van der Waals surface area (Å²) in [6.45, 7) is 6.78. The lowest BCUT2D eigenvalue weighted by molar-refractivity contribution is -0.894. The molecule has 0 bridgehead atoms. The van der Waals surface area contributed by atoms with Gasteiger partial charge in [0, 0.05) is 0 Å². The van der Waals surface area contributed by atoms with E-state index in [9.17, 15) is 9.59 Å². The molecular weight excluding hydrogens is 342 g/mol. The van der Waals surface area contributed by atoms with Crippen LogP contribution in [0.1, 0.15) is 48.4 Å². The van der Waals surface area contributed by atoms with E-state index in [2.05, 4.69) is 10.6 Å². The van der Waals surface area contributed by atoms with Crippen LogP contribution in [0.15, 0.2) is 29.5 Å². The van der Waals surface area contributed by atoms with Crippen LogP contribution < -0.4 is 15.5 Å². The van der Waals surface area contributed by atoms with Crippen molar-refractivity contribution >= 4 is 12.0 Å². The largest absolute Gasteiger partial charge is 0.466 e. The predicted octanol–water partition coefficient (Wildman–Crippen LogP) is 1.54. The summed E-state index contributed by atoms with van der Waals surface area (Å²) in [5, 5.41) is 5.82. The lowest BCUT2D eigenvalue weighted by atomic mass is 9.91. The van der Waals surface area contributed by atoms with Gasteiger partial charge in [0.05, 0.1) is 37.5 Å². The standard InChI is InChI=1S/C21H29N3O3/c1-14-8-9-15(2)16(12-14)19-18(20(25)27-3)17(22-21(26)23-19)13-24-10-6-4-5-7-11-24/h8-9,12,19H,4-7,10-11,13H2,1-3H3,(H2,22,23,26)/p+1/t19-/m1/s1. The minimum Gasteiger partial charge on any atom is -0.466 e. The molecule has 0 spiro atoms. The maximum absolute atomic E-state index is 12.7. The summed E-state index contributed by atoms with van der Waals surface area (Å²) < 4.78 is 5.09. The number of amides is 2. The van der Waals surface area contributed by atoms with Crippen molar-refractivity contribution in [2.75, 3.05) is 26.7 Å². The minimum atomic E-state index is -0.493. The molecule has 3 N–H and O–H groups in total. The van der Waals surface area contributed by atoms with Gasteiger partial charge in [-0.1, -0.05) is 23.8 Å². The van der Waals surface area contributed by atoms with Crippen LogP contribution in [-0.4, -0.2) is 38.7 Å². The van der Waals surface area contributed by atoms with E-state index in [-0.39, 0.29) is 6.03 Å². The molecule has 1 atom stereocenters. The van der Waals surface area contributed by atoms with Gasteiger partial charge >= 0.3 is 12.0 Å². The van der Waals surface area contributed by atoms with Crippen molar-refractivity contribution in [1.29, 1.82) is 0 Å². The predicted molar refractivity (Wildman–Crippen MR) is 103 cm³/mol. The van der Waals surface area contributed by atoms with Gasteiger partial charge in [-0.05, 0) is 50.7 Å². The highest BCUT2D eigenvalue weighted by Gasteiger charge is 2.35. The molecule has 0 unspecified atom stereocenters. The smallest absolute Gasteiger partial charge is 0.338 e. The van der Waals surface area contributed by atoms with Crippen molar-refractivity contribution in [1.82, 2.24) is 10.6 Å². The van der Waals surface area contributed by atoms with Crippen LogP contribution >= 0.6 is 0 Å². The number of ether oxygens (including phenoxy) is 1. The summed E-state index contributed by atoms with van der Waals surface area (Å²) in [5.41, 5.74) is 4.27. The van der Waals surface area contributed by atoms with Crippen molar-refractivity contribution < 1.29 is 19.2 Å². The highest BCUT2D eigenvalue weighted by molar-refractivity contribution is 5.95. The number of carbonyl (C=O) groups is 2. The van der Waals surface area contributed by atoms with Crippen molar-refractivity contribution in [2.24, 2.45) is 0 Å². The number of quaternary nitrogens is 1. The number of esters is 1. The Hall–Kier alpha value is -2.34. The number of hydrogen-bond donors (Lipinski definition) is 3. The number of likely N-dealkylation sites (tertiary alicyclic amines) is 1. The van der Waals surface area contributed by atoms with Crippen LogP contribution in [-0.2, 0) is 9.53 Å². The summed E-state index contributed by atoms with van der Waals surface area (Å²) in [4.78, 5) is 26.5. The first-order valence-electron chi connectivity index (χ1n) is 9.79. The SMILES string of the molecule is COC(=O)C1=C(C[NH+]2CCCCCC2)NC(=O)N[C@@H]1c1cc(C)ccc1C. The van der Waals surface area contributed by atoms with Gasteiger partial charge in [0.1, 0.15) is 6.54 Å². The second-order valence-electron chi connectivity index (χ2n) is 7.62. The number of methoxy groups -OCH3 is 1. The first kappa shape index (κ1) is 19.4. The molecule has 2 aliphatic heterocycles. The quantitative estimate of drug-likeness (QED) is 0.702. The van der Waals surface area contributed by atoms with Gasteiger partial charge in [0.25, 0.3) is 0 Å². The van der Waals surface area contributed by atoms with Gasteiger partial charge in [-0.15, -0.1) is 0 Å². The van der Waals surface area contributed by atoms with Crippen LogP contribution in [0.5, 0.6) is 0 Å². The van der Waals surface area contributed by atoms with Gasteiger partial charge in [-0.3, -0.25) is 0 Å². The van der Waals surface area contributed by atoms with Crippen LogP contribution in [0, 0.1) is 13.8 Å². The molecule has 6 heteroatoms. The Labute approximate surface area is 161 Å². The monoisotopic (exact) mass is 372 g/mol. The van der Waals surface area contributed by atoms with Crippen molar-refractivity contribution in [2.45, 2.75) is 45.6 Å². The zero-order valence-electron chi connectivity index (χ0n) is 16.5. The first-order chi connectivity index (χ1) is 13.0. The fourth-order valence-corrected chi connectivity index (χ4v) is 4.07. The number of urea groups is 1. The number of rotatable bonds is 4. The molecule has 0 aliphatic carbocycles. The summed E-state index contributed by atoms with van der Waals surface area (Å²) in [6, 6.07) is 5.33. The molecule has 146 valence electrons. The van der Waals surface area contributed by atoms with Gasteiger partial charge in [-0.2, -0.15) is 0 Å². The van der Waals surface area contributed by atoms with E-state index in [0.717, 1.165) is 29.8 Å². The third kappa shape index (κ3) is 4.50. The number of nitrogens with one attached hydrogen (secondary N) is 3. The lowest BCUT2D eigenvalue weighted by Crippen LogP contribution is -3.12. The number of hydrogen-bond acceptors (Lipinski definition) is 3. The van der Waals surface area contributed by atoms with E-state index in [1.807, 2.05) is 32.0 Å². The maximum atomic E-state index is 12.7. The lowest BCUT2D eigenvalue weighted by Gasteiger charge is -2.31. The first-order valence-corrected chi connectivity index (χ1v) is 9.79. The second-order valence-corrected chi connectivity index (χ2v) is 7.62. The molecule has 1 aromatic rings. The Morgan fingerprint density at radius 3 is 2.56 bits per heavy atom. The van der Waals surface area contributed by atoms with Crippen LogP contribution in [0.2, 0.25) is 0 Å². The van der Waals surface area contributed by atoms with Crippen LogP contribution in [0.3, 0.4) is 0 Å². The zero-order chi connectivity index (χ0) is 19.4. The van der Waals surface area contributed by atoms with Crippen molar-refractivity contribution in [3.63, 3.8) is 0 Å². The van der Waals surface area contributed by atoms with Gasteiger partial charge in [0.15, 0.2) is 0 Å². The van der Waals surface area contributed by atoms with E-state index in [4.69, 9.17) is 4.74 Å². The Morgan fingerprint density at radius 2 is 1.89 bits per heavy atom. The normalized spacial score (nSPS) is 21.3. The van der Waals surface area contributed by atoms with E-state index >= 15 is 0 Å². The Morgan fingerprint density at radius 1 is 1.19 bits per heavy atom. The average molecular weight is 372 g/mol. The van der Waals surface area contributed by atoms with Crippen LogP contribution in [0.4, 0.5) is 4.79 Å². The van der Waals surface area contributed by atoms with E-state index in [1.165, 1.54) is 37.7 Å². The molecule has 1 fully saturated rings. The zero-order valence-corrected chi connectivity index (χ0v) is 16.5. The fraction of sp³-hybridized carbons (Fsp3) is 0.524. The van der Waals surface area contributed by atoms with Crippen LogP contribution in [0.25, 0.3) is 0 Å². The molecule has 0 radical (unpaired) electrons. The summed E-state index contributed by atoms with van der Waals surface area (Å²) in [6.07, 6.45) is 4.88. The Balaban J connectivity index is 2.01. The third-order valence-corrected chi connectivity index (χ3v) is 5.54. The third-order valence-electron chi connectivity index (χ3n) is 5.54. The summed E-state index contributed by atoms with van der Waals surface area (Å²) in [7, 11) is 1.39. The van der Waals surface area contributed by atoms with E-state index in [0.29, 0.717) is 17.8 Å². The summed E-state index contributed by atoms with van der Waals surface area (Å²) >= 11 is 0. The molecule has 1 saturated heterocycles.